The van der Waals surface area contributed by atoms with E-state index in [0.717, 1.165) is 11.1 Å². The van der Waals surface area contributed by atoms with Gasteiger partial charge in [0.05, 0.1) is 6.04 Å². The number of hydrogen-bond donors (Lipinski definition) is 3. The van der Waals surface area contributed by atoms with E-state index in [1.54, 1.807) is 35.2 Å². The zero-order valence-corrected chi connectivity index (χ0v) is 20.3. The van der Waals surface area contributed by atoms with Crippen LogP contribution >= 0.6 is 0 Å². The Morgan fingerprint density at radius 1 is 1.11 bits per heavy atom. The molecule has 0 bridgehead atoms. The van der Waals surface area contributed by atoms with Gasteiger partial charge in [-0.05, 0) is 43.9 Å². The molecule has 4 amide bonds. The summed E-state index contributed by atoms with van der Waals surface area (Å²) < 4.78 is 0. The molecule has 0 saturated carbocycles. The fraction of sp³-hybridized carbons (Fsp3) is 0.407. The summed E-state index contributed by atoms with van der Waals surface area (Å²) in [6.45, 7) is 4.29. The Bertz CT molecular complexity index is 1220. The lowest BCUT2D eigenvalue weighted by Crippen LogP contribution is -2.52. The summed E-state index contributed by atoms with van der Waals surface area (Å²) in [6.07, 6.45) is -0.598. The molecule has 2 aromatic carbocycles. The monoisotopic (exact) mass is 490 g/mol. The first-order valence-corrected chi connectivity index (χ1v) is 12.3. The van der Waals surface area contributed by atoms with E-state index in [1.165, 1.54) is 4.90 Å². The molecule has 0 spiro atoms. The third kappa shape index (κ3) is 4.24. The number of amides is 4. The molecule has 9 heteroatoms. The second-order valence-corrected chi connectivity index (χ2v) is 9.93. The minimum atomic E-state index is -1.35. The lowest BCUT2D eigenvalue weighted by molar-refractivity contribution is -0.138. The van der Waals surface area contributed by atoms with Crippen molar-refractivity contribution in [3.05, 3.63) is 70.8 Å². The van der Waals surface area contributed by atoms with E-state index in [-0.39, 0.29) is 30.7 Å². The number of aryl methyl sites for hydroxylation is 2. The number of hydrogen-bond acceptors (Lipinski definition) is 5. The van der Waals surface area contributed by atoms with Crippen LogP contribution in [0.3, 0.4) is 0 Å². The van der Waals surface area contributed by atoms with Crippen LogP contribution in [0.25, 0.3) is 0 Å². The van der Waals surface area contributed by atoms with Crippen molar-refractivity contribution in [3.8, 4) is 0 Å². The second kappa shape index (κ2) is 9.39. The predicted octanol–water partition coefficient (Wildman–Crippen LogP) is 0.836. The van der Waals surface area contributed by atoms with Crippen LogP contribution < -0.4 is 10.6 Å². The number of aliphatic hydroxyl groups is 1. The van der Waals surface area contributed by atoms with Crippen molar-refractivity contribution >= 4 is 23.6 Å². The van der Waals surface area contributed by atoms with Gasteiger partial charge in [0, 0.05) is 24.7 Å². The summed E-state index contributed by atoms with van der Waals surface area (Å²) in [5.41, 5.74) is 2.80. The van der Waals surface area contributed by atoms with Gasteiger partial charge in [-0.15, -0.1) is 0 Å². The van der Waals surface area contributed by atoms with E-state index in [1.807, 2.05) is 32.0 Å². The van der Waals surface area contributed by atoms with Crippen molar-refractivity contribution in [1.29, 1.82) is 0 Å². The lowest BCUT2D eigenvalue weighted by Gasteiger charge is -2.29. The maximum absolute atomic E-state index is 13.7. The second-order valence-electron chi connectivity index (χ2n) is 9.93. The molecule has 0 aliphatic carbocycles. The number of nitrogens with one attached hydrogen (secondary N) is 2. The Hall–Kier alpha value is -3.72. The fourth-order valence-electron chi connectivity index (χ4n) is 5.55. The Balaban J connectivity index is 1.33. The van der Waals surface area contributed by atoms with Crippen molar-refractivity contribution in [2.24, 2.45) is 0 Å². The summed E-state index contributed by atoms with van der Waals surface area (Å²) in [5.74, 6) is -1.38. The average molecular weight is 491 g/mol. The molecule has 3 aliphatic rings. The third-order valence-corrected chi connectivity index (χ3v) is 7.46. The van der Waals surface area contributed by atoms with Gasteiger partial charge in [0.2, 0.25) is 11.8 Å². The fourth-order valence-corrected chi connectivity index (χ4v) is 5.55. The largest absolute Gasteiger partial charge is 0.378 e. The van der Waals surface area contributed by atoms with Gasteiger partial charge < -0.3 is 25.5 Å². The molecule has 3 fully saturated rings. The minimum absolute atomic E-state index is 0.138. The summed E-state index contributed by atoms with van der Waals surface area (Å²) in [6, 6.07) is 11.8. The molecule has 5 rings (SSSR count). The van der Waals surface area contributed by atoms with Gasteiger partial charge in [0.15, 0.2) is 6.10 Å². The molecule has 3 heterocycles. The van der Waals surface area contributed by atoms with Gasteiger partial charge in [0.25, 0.3) is 11.8 Å². The van der Waals surface area contributed by atoms with Crippen molar-refractivity contribution in [2.75, 3.05) is 13.1 Å². The summed E-state index contributed by atoms with van der Waals surface area (Å²) in [7, 11) is 0. The van der Waals surface area contributed by atoms with E-state index < -0.39 is 36.2 Å². The van der Waals surface area contributed by atoms with Crippen LogP contribution in [-0.4, -0.2) is 75.8 Å². The number of carbonyl (C=O) groups excluding carboxylic acids is 4. The first-order valence-electron chi connectivity index (χ1n) is 12.3. The molecule has 36 heavy (non-hydrogen) atoms. The summed E-state index contributed by atoms with van der Waals surface area (Å²) in [4.78, 5) is 56.0. The first kappa shape index (κ1) is 24.0. The number of carbonyl (C=O) groups is 4. The Kier molecular flexibility index (Phi) is 6.26. The zero-order valence-electron chi connectivity index (χ0n) is 20.3. The van der Waals surface area contributed by atoms with Gasteiger partial charge in [-0.3, -0.25) is 19.2 Å². The van der Waals surface area contributed by atoms with Crippen LogP contribution in [0.4, 0.5) is 0 Å². The standard InChI is InChI=1S/C27H30N4O5/c1-15-8-9-16(2)19(12-15)26(35)30-11-10-20-22(30)27(36)31-14-18(13-21(31)24(33)29-20)28-25(34)23(32)17-6-4-3-5-7-17/h3-9,12,18,20-23,32H,10-11,13-14H2,1-2H3,(H,28,34)(H,29,33). The summed E-state index contributed by atoms with van der Waals surface area (Å²) in [5, 5.41) is 16.2. The van der Waals surface area contributed by atoms with Gasteiger partial charge in [0.1, 0.15) is 12.1 Å². The maximum atomic E-state index is 13.7. The highest BCUT2D eigenvalue weighted by atomic mass is 16.3. The minimum Gasteiger partial charge on any atom is -0.378 e. The Morgan fingerprint density at radius 3 is 2.61 bits per heavy atom. The molecule has 0 radical (unpaired) electrons. The predicted molar refractivity (Wildman–Crippen MR) is 131 cm³/mol. The smallest absolute Gasteiger partial charge is 0.254 e. The molecular formula is C27H30N4O5. The highest BCUT2D eigenvalue weighted by Gasteiger charge is 2.52. The van der Waals surface area contributed by atoms with Gasteiger partial charge in [-0.25, -0.2) is 0 Å². The van der Waals surface area contributed by atoms with Crippen LogP contribution in [-0.2, 0) is 14.4 Å². The van der Waals surface area contributed by atoms with Crippen LogP contribution in [0.2, 0.25) is 0 Å². The van der Waals surface area contributed by atoms with Gasteiger partial charge in [-0.2, -0.15) is 0 Å². The highest BCUT2D eigenvalue weighted by molar-refractivity contribution is 6.01. The lowest BCUT2D eigenvalue weighted by atomic mass is 10.0. The normalized spacial score (nSPS) is 26.1. The summed E-state index contributed by atoms with van der Waals surface area (Å²) >= 11 is 0. The van der Waals surface area contributed by atoms with E-state index in [4.69, 9.17) is 0 Å². The van der Waals surface area contributed by atoms with Gasteiger partial charge >= 0.3 is 0 Å². The van der Waals surface area contributed by atoms with Crippen LogP contribution in [0.15, 0.2) is 48.5 Å². The van der Waals surface area contributed by atoms with E-state index in [2.05, 4.69) is 10.6 Å². The number of rotatable bonds is 4. The topological polar surface area (TPSA) is 119 Å². The van der Waals surface area contributed by atoms with Crippen LogP contribution in [0.1, 0.15) is 46.0 Å². The van der Waals surface area contributed by atoms with Gasteiger partial charge in [-0.1, -0.05) is 48.0 Å². The van der Waals surface area contributed by atoms with Crippen molar-refractivity contribution in [1.82, 2.24) is 20.4 Å². The van der Waals surface area contributed by atoms with E-state index in [0.29, 0.717) is 24.1 Å². The molecule has 9 nitrogen and oxygen atoms in total. The SMILES string of the molecule is Cc1ccc(C)c(C(=O)N2CCC3NC(=O)C4CC(NC(=O)C(O)c5ccccc5)CN4C(=O)C32)c1. The Labute approximate surface area is 209 Å². The molecule has 5 atom stereocenters. The van der Waals surface area contributed by atoms with Crippen LogP contribution in [0.5, 0.6) is 0 Å². The molecule has 3 saturated heterocycles. The molecule has 0 aromatic heterocycles. The molecule has 188 valence electrons. The number of fused-ring (bicyclic) bond motifs is 2. The Morgan fingerprint density at radius 2 is 1.86 bits per heavy atom. The first-order chi connectivity index (χ1) is 17.2. The van der Waals surface area contributed by atoms with Crippen molar-refractivity contribution < 1.29 is 24.3 Å². The highest BCUT2D eigenvalue weighted by Crippen LogP contribution is 2.31. The average Bonchev–Trinajstić information content (AvgIpc) is 3.47. The molecule has 2 aromatic rings. The third-order valence-electron chi connectivity index (χ3n) is 7.46. The van der Waals surface area contributed by atoms with Crippen molar-refractivity contribution in [2.45, 2.75) is 57.0 Å². The van der Waals surface area contributed by atoms with E-state index in [9.17, 15) is 24.3 Å². The van der Waals surface area contributed by atoms with Crippen molar-refractivity contribution in [3.63, 3.8) is 0 Å². The molecular weight excluding hydrogens is 460 g/mol. The number of likely N-dealkylation sites (tertiary alicyclic amines) is 1. The maximum Gasteiger partial charge on any atom is 0.254 e. The zero-order chi connectivity index (χ0) is 25.6. The molecule has 5 unspecified atom stereocenters. The molecule has 3 N–H and O–H groups in total. The number of nitrogens with zero attached hydrogens (tertiary/aromatic N) is 2. The van der Waals surface area contributed by atoms with Crippen LogP contribution in [0, 0.1) is 13.8 Å². The van der Waals surface area contributed by atoms with E-state index >= 15 is 0 Å². The quantitative estimate of drug-likeness (QED) is 0.587. The number of aliphatic hydroxyl groups excluding tert-OH is 1. The molecule has 3 aliphatic heterocycles. The number of benzene rings is 2.